The Hall–Kier alpha value is -1.10. The largest absolute Gasteiger partial charge is 0.497 e. The Morgan fingerprint density at radius 3 is 2.56 bits per heavy atom. The lowest BCUT2D eigenvalue weighted by atomic mass is 9.97. The zero-order valence-corrected chi connectivity index (χ0v) is 11.0. The molecule has 18 heavy (non-hydrogen) atoms. The number of β-amino-alcohol motifs (C(OH)–C–C–N with tert-alkyl or cyclic N) is 1. The summed E-state index contributed by atoms with van der Waals surface area (Å²) in [5, 5.41) is 9.56. The third kappa shape index (κ3) is 2.83. The van der Waals surface area contributed by atoms with Crippen molar-refractivity contribution in [2.75, 3.05) is 20.2 Å². The van der Waals surface area contributed by atoms with Crippen molar-refractivity contribution in [3.8, 4) is 5.75 Å². The smallest absolute Gasteiger partial charge is 0.118 e. The van der Waals surface area contributed by atoms with Crippen molar-refractivity contribution in [3.05, 3.63) is 29.8 Å². The first-order valence-electron chi connectivity index (χ1n) is 6.43. The summed E-state index contributed by atoms with van der Waals surface area (Å²) in [6.45, 7) is 3.68. The Morgan fingerprint density at radius 1 is 1.39 bits per heavy atom. The van der Waals surface area contributed by atoms with Crippen molar-refractivity contribution in [1.82, 2.24) is 4.90 Å². The highest BCUT2D eigenvalue weighted by Gasteiger charge is 2.28. The number of methoxy groups -OCH3 is 1. The molecule has 1 aliphatic heterocycles. The maximum absolute atomic E-state index is 9.56. The molecule has 2 rings (SSSR count). The lowest BCUT2D eigenvalue weighted by Crippen LogP contribution is -2.44. The number of hydrogen-bond donors (Lipinski definition) is 2. The van der Waals surface area contributed by atoms with Crippen LogP contribution in [-0.2, 0) is 0 Å². The quantitative estimate of drug-likeness (QED) is 0.841. The summed E-state index contributed by atoms with van der Waals surface area (Å²) in [6.07, 6.45) is 0.554. The van der Waals surface area contributed by atoms with E-state index in [0.717, 1.165) is 18.7 Å². The first-order chi connectivity index (χ1) is 8.61. The van der Waals surface area contributed by atoms with Gasteiger partial charge in [-0.1, -0.05) is 19.1 Å². The van der Waals surface area contributed by atoms with Gasteiger partial charge in [-0.05, 0) is 24.1 Å². The Bertz CT molecular complexity index is 380. The van der Waals surface area contributed by atoms with Gasteiger partial charge in [-0.15, -0.1) is 0 Å². The summed E-state index contributed by atoms with van der Waals surface area (Å²) in [5.41, 5.74) is 7.47. The van der Waals surface area contributed by atoms with E-state index in [1.807, 2.05) is 12.1 Å². The van der Waals surface area contributed by atoms with Gasteiger partial charge in [0.1, 0.15) is 5.75 Å². The maximum Gasteiger partial charge on any atom is 0.118 e. The number of benzene rings is 1. The van der Waals surface area contributed by atoms with Gasteiger partial charge in [0.25, 0.3) is 0 Å². The molecule has 1 unspecified atom stereocenters. The van der Waals surface area contributed by atoms with Crippen molar-refractivity contribution in [2.24, 2.45) is 5.73 Å². The van der Waals surface area contributed by atoms with Gasteiger partial charge in [0, 0.05) is 19.0 Å². The highest BCUT2D eigenvalue weighted by atomic mass is 16.5. The van der Waals surface area contributed by atoms with Crippen LogP contribution in [0.4, 0.5) is 0 Å². The van der Waals surface area contributed by atoms with E-state index >= 15 is 0 Å². The Kier molecular flexibility index (Phi) is 4.22. The Morgan fingerprint density at radius 2 is 2.06 bits per heavy atom. The summed E-state index contributed by atoms with van der Waals surface area (Å²) >= 11 is 0. The average molecular weight is 250 g/mol. The number of ether oxygens (including phenoxy) is 1. The van der Waals surface area contributed by atoms with Crippen LogP contribution in [0.3, 0.4) is 0 Å². The molecule has 1 saturated heterocycles. The molecule has 4 nitrogen and oxygen atoms in total. The van der Waals surface area contributed by atoms with Crippen LogP contribution in [0.25, 0.3) is 0 Å². The molecule has 1 fully saturated rings. The minimum atomic E-state index is -0.223. The van der Waals surface area contributed by atoms with E-state index in [1.165, 1.54) is 5.56 Å². The fraction of sp³-hybridized carbons (Fsp3) is 0.571. The number of rotatable bonds is 4. The SMILES string of the molecule is COc1ccc([C@H](C)C(N)N2CC[C@H](O)C2)cc1. The van der Waals surface area contributed by atoms with E-state index in [2.05, 4.69) is 24.0 Å². The van der Waals surface area contributed by atoms with Gasteiger partial charge in [0.05, 0.1) is 19.4 Å². The van der Waals surface area contributed by atoms with Crippen LogP contribution in [0.1, 0.15) is 24.8 Å². The van der Waals surface area contributed by atoms with E-state index in [4.69, 9.17) is 10.5 Å². The first-order valence-corrected chi connectivity index (χ1v) is 6.43. The lowest BCUT2D eigenvalue weighted by molar-refractivity contribution is 0.152. The van der Waals surface area contributed by atoms with Crippen molar-refractivity contribution in [2.45, 2.75) is 31.5 Å². The normalized spacial score (nSPS) is 23.9. The molecule has 4 heteroatoms. The molecule has 1 aliphatic rings. The van der Waals surface area contributed by atoms with Gasteiger partial charge in [0.2, 0.25) is 0 Å². The minimum Gasteiger partial charge on any atom is -0.497 e. The Balaban J connectivity index is 2.02. The molecule has 0 spiro atoms. The molecule has 1 aromatic carbocycles. The number of hydrogen-bond acceptors (Lipinski definition) is 4. The van der Waals surface area contributed by atoms with Gasteiger partial charge in [-0.25, -0.2) is 0 Å². The second kappa shape index (κ2) is 5.69. The third-order valence-corrected chi connectivity index (χ3v) is 3.77. The molecular formula is C14H22N2O2. The number of aliphatic hydroxyl groups is 1. The molecule has 1 heterocycles. The lowest BCUT2D eigenvalue weighted by Gasteiger charge is -2.29. The molecule has 0 bridgehead atoms. The molecule has 0 aromatic heterocycles. The van der Waals surface area contributed by atoms with E-state index in [-0.39, 0.29) is 18.2 Å². The van der Waals surface area contributed by atoms with Crippen LogP contribution < -0.4 is 10.5 Å². The second-order valence-electron chi connectivity index (χ2n) is 4.99. The fourth-order valence-corrected chi connectivity index (χ4v) is 2.46. The zero-order chi connectivity index (χ0) is 13.1. The van der Waals surface area contributed by atoms with Crippen LogP contribution >= 0.6 is 0 Å². The average Bonchev–Trinajstić information content (AvgIpc) is 2.84. The van der Waals surface area contributed by atoms with Crippen LogP contribution in [-0.4, -0.2) is 42.5 Å². The van der Waals surface area contributed by atoms with E-state index < -0.39 is 0 Å². The summed E-state index contributed by atoms with van der Waals surface area (Å²) in [4.78, 5) is 2.15. The number of likely N-dealkylation sites (tertiary alicyclic amines) is 1. The molecule has 0 aliphatic carbocycles. The molecule has 1 aromatic rings. The van der Waals surface area contributed by atoms with Gasteiger partial charge >= 0.3 is 0 Å². The van der Waals surface area contributed by atoms with E-state index in [1.54, 1.807) is 7.11 Å². The van der Waals surface area contributed by atoms with E-state index in [0.29, 0.717) is 6.54 Å². The third-order valence-electron chi connectivity index (χ3n) is 3.77. The maximum atomic E-state index is 9.56. The standard InChI is InChI=1S/C14H22N2O2/c1-10(11-3-5-13(18-2)6-4-11)14(15)16-8-7-12(17)9-16/h3-6,10,12,14,17H,7-9,15H2,1-2H3/t10-,12-,14?/m0/s1. The molecule has 0 amide bonds. The molecule has 0 radical (unpaired) electrons. The van der Waals surface area contributed by atoms with Crippen molar-refractivity contribution >= 4 is 0 Å². The van der Waals surface area contributed by atoms with Gasteiger partial charge in [-0.3, -0.25) is 4.90 Å². The van der Waals surface area contributed by atoms with Crippen LogP contribution in [0.5, 0.6) is 5.75 Å². The Labute approximate surface area is 108 Å². The second-order valence-corrected chi connectivity index (χ2v) is 4.99. The van der Waals surface area contributed by atoms with Crippen LogP contribution in [0, 0.1) is 0 Å². The van der Waals surface area contributed by atoms with Gasteiger partial charge in [0.15, 0.2) is 0 Å². The minimum absolute atomic E-state index is 0.0458. The summed E-state index contributed by atoms with van der Waals surface area (Å²) < 4.78 is 5.15. The molecule has 3 N–H and O–H groups in total. The monoisotopic (exact) mass is 250 g/mol. The molecular weight excluding hydrogens is 228 g/mol. The van der Waals surface area contributed by atoms with Crippen molar-refractivity contribution < 1.29 is 9.84 Å². The molecule has 100 valence electrons. The topological polar surface area (TPSA) is 58.7 Å². The van der Waals surface area contributed by atoms with Gasteiger partial charge in [-0.2, -0.15) is 0 Å². The predicted molar refractivity (Wildman–Crippen MR) is 71.6 cm³/mol. The van der Waals surface area contributed by atoms with Crippen LogP contribution in [0.15, 0.2) is 24.3 Å². The summed E-state index contributed by atoms with van der Waals surface area (Å²) in [6, 6.07) is 8.01. The summed E-state index contributed by atoms with van der Waals surface area (Å²) in [5.74, 6) is 1.09. The van der Waals surface area contributed by atoms with Crippen molar-refractivity contribution in [1.29, 1.82) is 0 Å². The number of nitrogens with two attached hydrogens (primary N) is 1. The highest BCUT2D eigenvalue weighted by molar-refractivity contribution is 5.29. The molecule has 3 atom stereocenters. The van der Waals surface area contributed by atoms with Crippen LogP contribution in [0.2, 0.25) is 0 Å². The van der Waals surface area contributed by atoms with Gasteiger partial charge < -0.3 is 15.6 Å². The van der Waals surface area contributed by atoms with E-state index in [9.17, 15) is 5.11 Å². The predicted octanol–water partition coefficient (Wildman–Crippen LogP) is 1.15. The number of nitrogens with zero attached hydrogens (tertiary/aromatic N) is 1. The fourth-order valence-electron chi connectivity index (χ4n) is 2.46. The van der Waals surface area contributed by atoms with Crippen molar-refractivity contribution in [3.63, 3.8) is 0 Å². The summed E-state index contributed by atoms with van der Waals surface area (Å²) in [7, 11) is 1.66. The zero-order valence-electron chi connectivity index (χ0n) is 11.0. The number of aliphatic hydroxyl groups excluding tert-OH is 1. The first kappa shape index (κ1) is 13.3. The highest BCUT2D eigenvalue weighted by Crippen LogP contribution is 2.24. The molecule has 0 saturated carbocycles.